The van der Waals surface area contributed by atoms with Gasteiger partial charge in [0.25, 0.3) is 0 Å². The first kappa shape index (κ1) is 7.13. The molecule has 0 aliphatic carbocycles. The smallest absolute Gasteiger partial charge is 0.135 e. The number of hydrogen-bond donors (Lipinski definition) is 2. The molecule has 0 aliphatic heterocycles. The van der Waals surface area contributed by atoms with E-state index in [0.29, 0.717) is 0 Å². The highest BCUT2D eigenvalue weighted by Gasteiger charge is 2.01. The van der Waals surface area contributed by atoms with Crippen LogP contribution in [0.25, 0.3) is 10.8 Å². The highest BCUT2D eigenvalue weighted by molar-refractivity contribution is 5.98. The molecule has 0 spiro atoms. The zero-order chi connectivity index (χ0) is 8.55. The van der Waals surface area contributed by atoms with Gasteiger partial charge in [-0.1, -0.05) is 18.2 Å². The van der Waals surface area contributed by atoms with Gasteiger partial charge < -0.3 is 11.5 Å². The maximum absolute atomic E-state index is 5.80. The van der Waals surface area contributed by atoms with Gasteiger partial charge in [0.15, 0.2) is 0 Å². The zero-order valence-electron chi connectivity index (χ0n) is 6.75. The number of anilines is 1. The second-order valence-corrected chi connectivity index (χ2v) is 2.86. The van der Waals surface area contributed by atoms with Crippen LogP contribution in [-0.4, -0.2) is 0 Å². The Hall–Kier alpha value is -1.54. The third-order valence-corrected chi connectivity index (χ3v) is 2.05. The molecule has 0 bridgehead atoms. The van der Waals surface area contributed by atoms with Gasteiger partial charge in [0.2, 0.25) is 0 Å². The standard InChI is InChI=1S/C10H10N2/c11-9-5-6-10(12)8-4-2-1-3-7(8)9/h1-6H,11-12H2/p+1. The Labute approximate surface area is 70.8 Å². The topological polar surface area (TPSA) is 53.7 Å². The third-order valence-electron chi connectivity index (χ3n) is 2.05. The van der Waals surface area contributed by atoms with Crippen molar-refractivity contribution in [1.29, 1.82) is 0 Å². The quantitative estimate of drug-likeness (QED) is 0.559. The summed E-state index contributed by atoms with van der Waals surface area (Å²) in [6, 6.07) is 11.9. The lowest BCUT2D eigenvalue weighted by atomic mass is 10.1. The van der Waals surface area contributed by atoms with E-state index in [2.05, 4.69) is 5.73 Å². The van der Waals surface area contributed by atoms with Crippen LogP contribution in [0.1, 0.15) is 0 Å². The van der Waals surface area contributed by atoms with E-state index in [9.17, 15) is 0 Å². The van der Waals surface area contributed by atoms with Crippen LogP contribution >= 0.6 is 0 Å². The number of hydrogen-bond acceptors (Lipinski definition) is 1. The van der Waals surface area contributed by atoms with Crippen molar-refractivity contribution in [1.82, 2.24) is 0 Å². The van der Waals surface area contributed by atoms with Gasteiger partial charge in [-0.05, 0) is 12.1 Å². The van der Waals surface area contributed by atoms with E-state index in [-0.39, 0.29) is 0 Å². The Kier molecular flexibility index (Phi) is 1.48. The first-order valence-corrected chi connectivity index (χ1v) is 3.88. The van der Waals surface area contributed by atoms with Gasteiger partial charge in [-0.15, -0.1) is 0 Å². The molecule has 0 radical (unpaired) electrons. The molecule has 5 N–H and O–H groups in total. The van der Waals surface area contributed by atoms with Crippen molar-refractivity contribution in [3.63, 3.8) is 0 Å². The van der Waals surface area contributed by atoms with Gasteiger partial charge >= 0.3 is 0 Å². The molecular formula is C10H11N2+. The van der Waals surface area contributed by atoms with Crippen LogP contribution in [0.3, 0.4) is 0 Å². The summed E-state index contributed by atoms with van der Waals surface area (Å²) in [7, 11) is 0. The molecular weight excluding hydrogens is 148 g/mol. The van der Waals surface area contributed by atoms with Crippen molar-refractivity contribution in [2.45, 2.75) is 0 Å². The Morgan fingerprint density at radius 2 is 1.58 bits per heavy atom. The van der Waals surface area contributed by atoms with E-state index in [0.717, 1.165) is 22.1 Å². The summed E-state index contributed by atoms with van der Waals surface area (Å²) in [6.07, 6.45) is 0. The predicted molar refractivity (Wildman–Crippen MR) is 50.9 cm³/mol. The summed E-state index contributed by atoms with van der Waals surface area (Å²) >= 11 is 0. The number of rotatable bonds is 0. The maximum Gasteiger partial charge on any atom is 0.135 e. The lowest BCUT2D eigenvalue weighted by Crippen LogP contribution is -2.40. The first-order chi connectivity index (χ1) is 5.79. The predicted octanol–water partition coefficient (Wildman–Crippen LogP) is 1.30. The Morgan fingerprint density at radius 1 is 0.917 bits per heavy atom. The molecule has 0 heterocycles. The fourth-order valence-electron chi connectivity index (χ4n) is 1.38. The minimum Gasteiger partial charge on any atom is -0.398 e. The largest absolute Gasteiger partial charge is 0.398 e. The summed E-state index contributed by atoms with van der Waals surface area (Å²) in [6.45, 7) is 0. The summed E-state index contributed by atoms with van der Waals surface area (Å²) in [5.41, 5.74) is 11.6. The normalized spacial score (nSPS) is 10.4. The minimum absolute atomic E-state index is 0.818. The molecule has 2 heteroatoms. The Morgan fingerprint density at radius 3 is 2.25 bits per heavy atom. The van der Waals surface area contributed by atoms with Gasteiger partial charge in [0.05, 0.1) is 0 Å². The van der Waals surface area contributed by atoms with E-state index >= 15 is 0 Å². The molecule has 0 aromatic heterocycles. The third kappa shape index (κ3) is 0.933. The average molecular weight is 159 g/mol. The highest BCUT2D eigenvalue weighted by Crippen LogP contribution is 2.24. The monoisotopic (exact) mass is 159 g/mol. The molecule has 0 saturated heterocycles. The van der Waals surface area contributed by atoms with Crippen LogP contribution in [0.15, 0.2) is 36.4 Å². The van der Waals surface area contributed by atoms with Crippen molar-refractivity contribution < 1.29 is 5.73 Å². The molecule has 12 heavy (non-hydrogen) atoms. The average Bonchev–Trinajstić information content (AvgIpc) is 2.12. The highest BCUT2D eigenvalue weighted by atomic mass is 14.6. The van der Waals surface area contributed by atoms with Gasteiger partial charge in [0.1, 0.15) is 5.69 Å². The molecule has 0 aliphatic rings. The molecule has 0 fully saturated rings. The second-order valence-electron chi connectivity index (χ2n) is 2.86. The fourth-order valence-corrected chi connectivity index (χ4v) is 1.38. The van der Waals surface area contributed by atoms with Crippen LogP contribution in [0.4, 0.5) is 11.4 Å². The second kappa shape index (κ2) is 2.50. The van der Waals surface area contributed by atoms with Gasteiger partial charge in [0, 0.05) is 22.5 Å². The van der Waals surface area contributed by atoms with Crippen LogP contribution in [0.5, 0.6) is 0 Å². The van der Waals surface area contributed by atoms with E-state index < -0.39 is 0 Å². The Bertz CT molecular complexity index is 381. The number of benzene rings is 2. The SMILES string of the molecule is Nc1ccc([NH3+])c2ccccc12. The van der Waals surface area contributed by atoms with E-state index in [1.54, 1.807) is 0 Å². The summed E-state index contributed by atoms with van der Waals surface area (Å²) in [5, 5.41) is 2.22. The molecule has 0 unspecified atom stereocenters. The molecule has 2 aromatic carbocycles. The number of quaternary nitrogens is 1. The van der Waals surface area contributed by atoms with Crippen molar-refractivity contribution in [3.8, 4) is 0 Å². The van der Waals surface area contributed by atoms with Crippen LogP contribution in [0.2, 0.25) is 0 Å². The summed E-state index contributed by atoms with van der Waals surface area (Å²) in [5.74, 6) is 0. The zero-order valence-corrected chi connectivity index (χ0v) is 6.75. The molecule has 0 amide bonds. The van der Waals surface area contributed by atoms with E-state index in [4.69, 9.17) is 5.73 Å². The fraction of sp³-hybridized carbons (Fsp3) is 0. The van der Waals surface area contributed by atoms with E-state index in [1.165, 1.54) is 0 Å². The molecule has 60 valence electrons. The molecule has 2 aromatic rings. The molecule has 0 atom stereocenters. The number of nitrogens with two attached hydrogens (primary N) is 1. The summed E-state index contributed by atoms with van der Waals surface area (Å²) in [4.78, 5) is 0. The number of nitrogen functional groups attached to an aromatic ring is 1. The molecule has 2 rings (SSSR count). The minimum atomic E-state index is 0.818. The van der Waals surface area contributed by atoms with Crippen molar-refractivity contribution >= 4 is 22.1 Å². The van der Waals surface area contributed by atoms with E-state index in [1.807, 2.05) is 36.4 Å². The molecule has 2 nitrogen and oxygen atoms in total. The molecule has 0 saturated carbocycles. The lowest BCUT2D eigenvalue weighted by Gasteiger charge is -2.01. The van der Waals surface area contributed by atoms with Crippen LogP contribution in [0, 0.1) is 0 Å². The summed E-state index contributed by atoms with van der Waals surface area (Å²) < 4.78 is 0. The Balaban J connectivity index is 2.95. The van der Waals surface area contributed by atoms with Crippen LogP contribution in [-0.2, 0) is 0 Å². The van der Waals surface area contributed by atoms with Gasteiger partial charge in [-0.2, -0.15) is 0 Å². The first-order valence-electron chi connectivity index (χ1n) is 3.88. The maximum atomic E-state index is 5.80. The van der Waals surface area contributed by atoms with Crippen LogP contribution < -0.4 is 11.5 Å². The van der Waals surface area contributed by atoms with Gasteiger partial charge in [-0.3, -0.25) is 0 Å². The van der Waals surface area contributed by atoms with Crippen molar-refractivity contribution in [2.24, 2.45) is 0 Å². The van der Waals surface area contributed by atoms with Crippen molar-refractivity contribution in [2.75, 3.05) is 5.73 Å². The number of fused-ring (bicyclic) bond motifs is 1. The lowest BCUT2D eigenvalue weighted by molar-refractivity contribution is -0.252. The van der Waals surface area contributed by atoms with Gasteiger partial charge in [-0.25, -0.2) is 0 Å². The van der Waals surface area contributed by atoms with Crippen molar-refractivity contribution in [3.05, 3.63) is 36.4 Å².